The number of hydrogen-bond acceptors (Lipinski definition) is 3. The van der Waals surface area contributed by atoms with Crippen LogP contribution in [0, 0.1) is 5.92 Å². The molecule has 0 spiro atoms. The second-order valence-electron chi connectivity index (χ2n) is 6.91. The van der Waals surface area contributed by atoms with Crippen LogP contribution < -0.4 is 16.0 Å². The lowest BCUT2D eigenvalue weighted by atomic mass is 10.0. The molecule has 0 radical (unpaired) electrons. The van der Waals surface area contributed by atoms with Crippen LogP contribution in [-0.4, -0.2) is 29.8 Å². The van der Waals surface area contributed by atoms with Gasteiger partial charge in [0.1, 0.15) is 0 Å². The van der Waals surface area contributed by atoms with Gasteiger partial charge in [-0.25, -0.2) is 4.79 Å². The van der Waals surface area contributed by atoms with E-state index in [-0.39, 0.29) is 18.2 Å². The number of aliphatic hydroxyl groups excluding tert-OH is 1. The van der Waals surface area contributed by atoms with Gasteiger partial charge < -0.3 is 21.1 Å². The molecule has 1 fully saturated rings. The fraction of sp³-hybridized carbons (Fsp3) is 0.611. The van der Waals surface area contributed by atoms with Crippen molar-refractivity contribution in [2.75, 3.05) is 11.9 Å². The summed E-state index contributed by atoms with van der Waals surface area (Å²) in [5.41, 5.74) is 1.92. The summed E-state index contributed by atoms with van der Waals surface area (Å²) in [5, 5.41) is 19.0. The first-order chi connectivity index (χ1) is 10.9. The van der Waals surface area contributed by atoms with E-state index >= 15 is 0 Å². The lowest BCUT2D eigenvalue weighted by molar-refractivity contribution is 0.143. The van der Waals surface area contributed by atoms with Crippen molar-refractivity contribution in [3.05, 3.63) is 29.8 Å². The van der Waals surface area contributed by atoms with E-state index in [2.05, 4.69) is 36.7 Å². The zero-order valence-corrected chi connectivity index (χ0v) is 14.3. The van der Waals surface area contributed by atoms with Gasteiger partial charge in [0.2, 0.25) is 0 Å². The minimum absolute atomic E-state index is 0.136. The normalized spacial score (nSPS) is 16.9. The second kappa shape index (κ2) is 8.31. The number of amides is 2. The predicted molar refractivity (Wildman–Crippen MR) is 93.5 cm³/mol. The minimum Gasteiger partial charge on any atom is -0.392 e. The van der Waals surface area contributed by atoms with Crippen molar-refractivity contribution < 1.29 is 9.90 Å². The number of benzene rings is 1. The largest absolute Gasteiger partial charge is 0.392 e. The monoisotopic (exact) mass is 319 g/mol. The fourth-order valence-electron chi connectivity index (χ4n) is 2.49. The topological polar surface area (TPSA) is 73.4 Å². The Labute approximate surface area is 138 Å². The van der Waals surface area contributed by atoms with E-state index in [1.54, 1.807) is 0 Å². The van der Waals surface area contributed by atoms with Crippen molar-refractivity contribution >= 4 is 11.7 Å². The Morgan fingerprint density at radius 3 is 2.43 bits per heavy atom. The summed E-state index contributed by atoms with van der Waals surface area (Å²) in [6.45, 7) is 6.88. The highest BCUT2D eigenvalue weighted by atomic mass is 16.3. The molecule has 1 aliphatic carbocycles. The van der Waals surface area contributed by atoms with Gasteiger partial charge in [-0.05, 0) is 49.8 Å². The van der Waals surface area contributed by atoms with Gasteiger partial charge in [0.15, 0.2) is 0 Å². The number of carbonyl (C=O) groups excluding carboxylic acids is 1. The first-order valence-corrected chi connectivity index (χ1v) is 8.53. The number of rotatable bonds is 8. The Balaban J connectivity index is 1.77. The average Bonchev–Trinajstić information content (AvgIpc) is 3.28. The summed E-state index contributed by atoms with van der Waals surface area (Å²) >= 11 is 0. The number of aliphatic hydroxyl groups is 1. The third-order valence-electron chi connectivity index (χ3n) is 3.98. The molecule has 0 aliphatic heterocycles. The van der Waals surface area contributed by atoms with Crippen LogP contribution in [0.25, 0.3) is 0 Å². The fourth-order valence-corrected chi connectivity index (χ4v) is 2.49. The van der Waals surface area contributed by atoms with E-state index in [4.69, 9.17) is 0 Å². The van der Waals surface area contributed by atoms with Crippen molar-refractivity contribution in [1.29, 1.82) is 0 Å². The number of nitrogens with one attached hydrogen (secondary N) is 3. The van der Waals surface area contributed by atoms with Gasteiger partial charge in [-0.15, -0.1) is 0 Å². The molecule has 1 aliphatic rings. The SMILES string of the molecule is CC(C)CC(O)CNC(C)c1ccc(NC(=O)NC2CC2)cc1. The van der Waals surface area contributed by atoms with Gasteiger partial charge in [-0.2, -0.15) is 0 Å². The van der Waals surface area contributed by atoms with Crippen LogP contribution in [0.15, 0.2) is 24.3 Å². The Morgan fingerprint density at radius 2 is 1.87 bits per heavy atom. The van der Waals surface area contributed by atoms with E-state index in [0.717, 1.165) is 30.5 Å². The van der Waals surface area contributed by atoms with Crippen molar-refractivity contribution in [1.82, 2.24) is 10.6 Å². The lowest BCUT2D eigenvalue weighted by Crippen LogP contribution is -2.30. The van der Waals surface area contributed by atoms with Gasteiger partial charge in [0, 0.05) is 24.3 Å². The molecule has 2 rings (SSSR count). The zero-order chi connectivity index (χ0) is 16.8. The highest BCUT2D eigenvalue weighted by Gasteiger charge is 2.23. The molecule has 2 unspecified atom stereocenters. The van der Waals surface area contributed by atoms with Crippen LogP contribution in [0.5, 0.6) is 0 Å². The molecule has 1 aromatic rings. The van der Waals surface area contributed by atoms with Crippen molar-refractivity contribution in [3.63, 3.8) is 0 Å². The molecule has 0 aromatic heterocycles. The van der Waals surface area contributed by atoms with E-state index < -0.39 is 0 Å². The van der Waals surface area contributed by atoms with Gasteiger partial charge in [-0.3, -0.25) is 0 Å². The van der Waals surface area contributed by atoms with E-state index in [1.807, 2.05) is 24.3 Å². The van der Waals surface area contributed by atoms with Gasteiger partial charge >= 0.3 is 6.03 Å². The number of hydrogen-bond donors (Lipinski definition) is 4. The maximum Gasteiger partial charge on any atom is 0.319 e. The Morgan fingerprint density at radius 1 is 1.22 bits per heavy atom. The van der Waals surface area contributed by atoms with Crippen LogP contribution in [0.2, 0.25) is 0 Å². The summed E-state index contributed by atoms with van der Waals surface area (Å²) in [7, 11) is 0. The number of urea groups is 1. The molecule has 1 aromatic carbocycles. The van der Waals surface area contributed by atoms with Gasteiger partial charge in [0.25, 0.3) is 0 Å². The van der Waals surface area contributed by atoms with E-state index in [1.165, 1.54) is 0 Å². The maximum atomic E-state index is 11.7. The molecule has 128 valence electrons. The summed E-state index contributed by atoms with van der Waals surface area (Å²) in [6, 6.07) is 8.19. The summed E-state index contributed by atoms with van der Waals surface area (Å²) in [6.07, 6.45) is 2.65. The molecule has 0 saturated heterocycles. The van der Waals surface area contributed by atoms with Crippen molar-refractivity contribution in [2.24, 2.45) is 5.92 Å². The minimum atomic E-state index is -0.315. The molecule has 2 amide bonds. The highest BCUT2D eigenvalue weighted by Crippen LogP contribution is 2.19. The molecule has 2 atom stereocenters. The smallest absolute Gasteiger partial charge is 0.319 e. The van der Waals surface area contributed by atoms with Gasteiger partial charge in [0.05, 0.1) is 6.10 Å². The summed E-state index contributed by atoms with van der Waals surface area (Å²) < 4.78 is 0. The van der Waals surface area contributed by atoms with Crippen LogP contribution in [-0.2, 0) is 0 Å². The van der Waals surface area contributed by atoms with Crippen LogP contribution in [0.1, 0.15) is 51.6 Å². The van der Waals surface area contributed by atoms with Crippen LogP contribution in [0.3, 0.4) is 0 Å². The third-order valence-corrected chi connectivity index (χ3v) is 3.98. The third kappa shape index (κ3) is 6.59. The molecule has 23 heavy (non-hydrogen) atoms. The molecular formula is C18H29N3O2. The van der Waals surface area contributed by atoms with Gasteiger partial charge in [-0.1, -0.05) is 26.0 Å². The highest BCUT2D eigenvalue weighted by molar-refractivity contribution is 5.89. The second-order valence-corrected chi connectivity index (χ2v) is 6.91. The maximum absolute atomic E-state index is 11.7. The molecule has 4 N–H and O–H groups in total. The molecule has 5 heteroatoms. The van der Waals surface area contributed by atoms with Crippen LogP contribution in [0.4, 0.5) is 10.5 Å². The predicted octanol–water partition coefficient (Wildman–Crippen LogP) is 3.03. The number of anilines is 1. The van der Waals surface area contributed by atoms with E-state index in [0.29, 0.717) is 18.5 Å². The molecule has 0 heterocycles. The summed E-state index contributed by atoms with van der Waals surface area (Å²) in [5.74, 6) is 0.495. The first-order valence-electron chi connectivity index (χ1n) is 8.53. The Kier molecular flexibility index (Phi) is 6.42. The quantitative estimate of drug-likeness (QED) is 0.595. The molecule has 5 nitrogen and oxygen atoms in total. The lowest BCUT2D eigenvalue weighted by Gasteiger charge is -2.19. The summed E-state index contributed by atoms with van der Waals surface area (Å²) in [4.78, 5) is 11.7. The zero-order valence-electron chi connectivity index (χ0n) is 14.3. The first kappa shape index (κ1) is 17.8. The molecule has 0 bridgehead atoms. The van der Waals surface area contributed by atoms with Crippen molar-refractivity contribution in [2.45, 2.75) is 58.2 Å². The number of carbonyl (C=O) groups is 1. The molecule has 1 saturated carbocycles. The van der Waals surface area contributed by atoms with Crippen molar-refractivity contribution in [3.8, 4) is 0 Å². The van der Waals surface area contributed by atoms with E-state index in [9.17, 15) is 9.90 Å². The standard InChI is InChI=1S/C18H29N3O2/c1-12(2)10-17(22)11-19-13(3)14-4-6-15(7-5-14)20-18(23)21-16-8-9-16/h4-7,12-13,16-17,19,22H,8-11H2,1-3H3,(H2,20,21,23). The van der Waals surface area contributed by atoms with Crippen LogP contribution >= 0.6 is 0 Å². The Hall–Kier alpha value is -1.59. The Bertz CT molecular complexity index is 497. The molecular weight excluding hydrogens is 290 g/mol. The average molecular weight is 319 g/mol.